The summed E-state index contributed by atoms with van der Waals surface area (Å²) in [7, 11) is 1.79. The lowest BCUT2D eigenvalue weighted by Gasteiger charge is -2.49. The maximum absolute atomic E-state index is 14.0. The van der Waals surface area contributed by atoms with Gasteiger partial charge in [0.1, 0.15) is 5.75 Å². The fourth-order valence-corrected chi connectivity index (χ4v) is 14.6. The number of ether oxygens (including phenoxy) is 2. The molecule has 4 saturated carbocycles. The lowest BCUT2D eigenvalue weighted by atomic mass is 9.55. The molecule has 0 unspecified atom stereocenters. The first kappa shape index (κ1) is 49.5. The number of nitrogens with one attached hydrogen (secondary N) is 1. The van der Waals surface area contributed by atoms with E-state index in [0.717, 1.165) is 110 Å². The number of methoxy groups -OCH3 is 1. The number of aryl methyl sites for hydroxylation is 1. The second-order valence-electron chi connectivity index (χ2n) is 23.0. The Labute approximate surface area is 423 Å². The number of aliphatic hydroxyl groups excluding tert-OH is 1. The fraction of sp³-hybridized carbons (Fsp3) is 0.581. The zero-order valence-corrected chi connectivity index (χ0v) is 42.5. The van der Waals surface area contributed by atoms with Crippen LogP contribution in [0.4, 0.5) is 0 Å². The summed E-state index contributed by atoms with van der Waals surface area (Å²) in [4.78, 5) is 19.4. The molecule has 0 saturated heterocycles. The van der Waals surface area contributed by atoms with Crippen LogP contribution in [0.2, 0.25) is 0 Å². The highest BCUT2D eigenvalue weighted by molar-refractivity contribution is 5.90. The minimum atomic E-state index is -0.361. The number of hydrogen-bond donors (Lipinski definition) is 5. The number of carbonyl (C=O) groups is 1. The second kappa shape index (κ2) is 22.0. The molecule has 1 aliphatic heterocycles. The maximum Gasteiger partial charge on any atom is 0.189 e. The zero-order valence-electron chi connectivity index (χ0n) is 42.5. The van der Waals surface area contributed by atoms with Crippen LogP contribution >= 0.6 is 0 Å². The molecular formula is C62H79N3O6. The number of guanidine groups is 1. The first-order valence-corrected chi connectivity index (χ1v) is 27.7. The topological polar surface area (TPSA) is 147 Å². The Morgan fingerprint density at radius 1 is 0.944 bits per heavy atom. The molecule has 6 N–H and O–H groups in total. The normalized spacial score (nSPS) is 27.5. The second-order valence-corrected chi connectivity index (χ2v) is 23.0. The molecule has 7 atom stereocenters. The Bertz CT molecular complexity index is 2570. The number of phenols is 2. The third kappa shape index (κ3) is 11.0. The summed E-state index contributed by atoms with van der Waals surface area (Å²) in [6, 6.07) is 17.0. The highest BCUT2D eigenvalue weighted by atomic mass is 16.5. The lowest BCUT2D eigenvalue weighted by molar-refractivity contribution is -0.114. The molecule has 1 spiro atoms. The highest BCUT2D eigenvalue weighted by Crippen LogP contribution is 2.59. The van der Waals surface area contributed by atoms with Crippen LogP contribution in [0.25, 0.3) is 0 Å². The van der Waals surface area contributed by atoms with Gasteiger partial charge in [0.2, 0.25) is 0 Å². The number of benzene rings is 3. The van der Waals surface area contributed by atoms with Crippen LogP contribution in [0.3, 0.4) is 0 Å². The van der Waals surface area contributed by atoms with Crippen molar-refractivity contribution in [2.24, 2.45) is 40.3 Å². The van der Waals surface area contributed by atoms with Gasteiger partial charge in [-0.05, 0) is 171 Å². The van der Waals surface area contributed by atoms with E-state index in [1.54, 1.807) is 13.2 Å². The minimum absolute atomic E-state index is 0.000803. The van der Waals surface area contributed by atoms with Crippen molar-refractivity contribution in [3.8, 4) is 29.1 Å². The molecule has 3 aromatic rings. The number of hydrogen-bond acceptors (Lipinski definition) is 9. The van der Waals surface area contributed by atoms with Gasteiger partial charge < -0.3 is 35.8 Å². The molecule has 4 fully saturated rings. The Balaban J connectivity index is 1.13. The Hall–Kier alpha value is -5.04. The number of carbonyl (C=O) groups excluding carboxylic acids is 1. The summed E-state index contributed by atoms with van der Waals surface area (Å²) >= 11 is 0. The molecular weight excluding hydrogens is 883 g/mol. The first-order valence-electron chi connectivity index (χ1n) is 27.7. The van der Waals surface area contributed by atoms with E-state index in [1.165, 1.54) is 48.8 Å². The monoisotopic (exact) mass is 962 g/mol. The van der Waals surface area contributed by atoms with Crippen molar-refractivity contribution in [2.45, 2.75) is 178 Å². The predicted octanol–water partition coefficient (Wildman–Crippen LogP) is 11.7. The molecule has 3 aromatic carbocycles. The molecule has 0 aromatic heterocycles. The van der Waals surface area contributed by atoms with Crippen molar-refractivity contribution in [1.29, 1.82) is 0 Å². The highest BCUT2D eigenvalue weighted by Gasteiger charge is 2.49. The molecule has 0 amide bonds. The van der Waals surface area contributed by atoms with Crippen molar-refractivity contribution >= 4 is 11.7 Å². The van der Waals surface area contributed by atoms with Gasteiger partial charge in [-0.3, -0.25) is 4.79 Å². The third-order valence-electron chi connectivity index (χ3n) is 18.0. The van der Waals surface area contributed by atoms with Crippen molar-refractivity contribution in [2.75, 3.05) is 20.3 Å². The summed E-state index contributed by atoms with van der Waals surface area (Å²) in [6.45, 7) is 2.71. The number of rotatable bonds is 12. The van der Waals surface area contributed by atoms with Crippen molar-refractivity contribution < 1.29 is 29.6 Å². The van der Waals surface area contributed by atoms with Crippen molar-refractivity contribution in [3.05, 3.63) is 111 Å². The van der Waals surface area contributed by atoms with E-state index in [-0.39, 0.29) is 77.6 Å². The molecule has 1 heterocycles. The van der Waals surface area contributed by atoms with E-state index >= 15 is 0 Å². The molecule has 6 aliphatic carbocycles. The fourth-order valence-electron chi connectivity index (χ4n) is 14.6. The average molecular weight is 962 g/mol. The SMILES string of the molecule is COC[C@H]1[C@@H]2c3c(O)c(OC4CCCC4)cc(CCC(=O)/C=C(\CO)CCC4CCCC4)c3C#CC[C@H]3C[C@H]1C=C1[C@@H](C[C@H](C)C[C@@H]12)c1cc(O)cc(c1)Cc1cccc(c1)C1(CCCCC1)NC(N)=N3. The third-order valence-corrected chi connectivity index (χ3v) is 18.0. The smallest absolute Gasteiger partial charge is 0.189 e. The van der Waals surface area contributed by atoms with Crippen LogP contribution in [0.5, 0.6) is 17.2 Å². The van der Waals surface area contributed by atoms with Crippen LogP contribution in [0.15, 0.2) is 76.8 Å². The minimum Gasteiger partial charge on any atom is -0.508 e. The van der Waals surface area contributed by atoms with Crippen LogP contribution in [0, 0.1) is 41.4 Å². The van der Waals surface area contributed by atoms with E-state index in [9.17, 15) is 20.1 Å². The van der Waals surface area contributed by atoms with E-state index < -0.39 is 0 Å². The van der Waals surface area contributed by atoms with Crippen molar-refractivity contribution in [1.82, 2.24) is 5.32 Å². The number of fused-ring (bicyclic) bond motifs is 11. The van der Waals surface area contributed by atoms with Crippen LogP contribution in [-0.4, -0.2) is 59.5 Å². The molecule has 71 heavy (non-hydrogen) atoms. The number of aliphatic imine (C=N–C) groups is 1. The summed E-state index contributed by atoms with van der Waals surface area (Å²) in [5, 5.41) is 38.8. The van der Waals surface area contributed by atoms with E-state index in [2.05, 4.69) is 60.5 Å². The van der Waals surface area contributed by atoms with Gasteiger partial charge in [0.25, 0.3) is 0 Å². The van der Waals surface area contributed by atoms with Crippen LogP contribution < -0.4 is 15.8 Å². The lowest BCUT2D eigenvalue weighted by Crippen LogP contribution is -2.50. The number of nitrogens with zero attached hydrogens (tertiary/aromatic N) is 1. The number of nitrogens with two attached hydrogens (primary N) is 1. The zero-order chi connectivity index (χ0) is 49.1. The number of phenolic OH excluding ortho intramolecular Hbond substituents is 2. The molecule has 8 bridgehead atoms. The summed E-state index contributed by atoms with van der Waals surface area (Å²) in [5.74, 6) is 9.50. The number of ketones is 1. The van der Waals surface area contributed by atoms with E-state index in [4.69, 9.17) is 20.2 Å². The van der Waals surface area contributed by atoms with Gasteiger partial charge in [-0.25, -0.2) is 4.99 Å². The average Bonchev–Trinajstić information content (AvgIpc) is 4.09. The molecule has 0 radical (unpaired) electrons. The summed E-state index contributed by atoms with van der Waals surface area (Å²) < 4.78 is 13.1. The van der Waals surface area contributed by atoms with E-state index in [0.29, 0.717) is 55.8 Å². The first-order chi connectivity index (χ1) is 34.6. The summed E-state index contributed by atoms with van der Waals surface area (Å²) in [6.07, 6.45) is 24.7. The number of aromatic hydroxyl groups is 2. The van der Waals surface area contributed by atoms with Gasteiger partial charge in [0.05, 0.1) is 30.9 Å². The largest absolute Gasteiger partial charge is 0.508 e. The van der Waals surface area contributed by atoms with Gasteiger partial charge in [-0.1, -0.05) is 106 Å². The Kier molecular flexibility index (Phi) is 15.3. The number of aliphatic hydroxyl groups is 1. The van der Waals surface area contributed by atoms with Crippen molar-refractivity contribution in [3.63, 3.8) is 0 Å². The van der Waals surface area contributed by atoms with Crippen LogP contribution in [0.1, 0.15) is 186 Å². The van der Waals surface area contributed by atoms with Gasteiger partial charge in [-0.2, -0.15) is 0 Å². The van der Waals surface area contributed by atoms with Crippen LogP contribution in [-0.2, 0) is 27.9 Å². The standard InChI is InChI=1S/C62H79N3O6/c1-39-26-53-45-29-43(32-50(68)34-45)28-41-14-10-15-47(30-41)62(24-8-3-9-25-62)65-61(63)64-48-16-11-19-52-44(22-23-49(67)31-42(37-66)21-20-40-12-4-5-13-40)36-57(71-51-17-6-7-18-51)60(69)59(52)58-55(27-39)54(53)35-46(33-48)56(58)38-70-2/h10,14-15,29-32,34-36,39-40,46,48,51,53,55-56,58,66,68-69H,3-9,12-13,16-18,20-28,33,37-38H2,1-2H3,(H3,63,64,65)/b42-31-/t39-,46-,48-,53-,55-,56+,58+/m0/s1. The van der Waals surface area contributed by atoms with Gasteiger partial charge in [0, 0.05) is 42.9 Å². The molecule has 9 heteroatoms. The van der Waals surface area contributed by atoms with Gasteiger partial charge >= 0.3 is 0 Å². The maximum atomic E-state index is 14.0. The number of allylic oxidation sites excluding steroid dienone is 3. The molecule has 9 nitrogen and oxygen atoms in total. The Morgan fingerprint density at radius 2 is 1.75 bits per heavy atom. The van der Waals surface area contributed by atoms with Gasteiger partial charge in [-0.15, -0.1) is 0 Å². The van der Waals surface area contributed by atoms with E-state index in [1.807, 2.05) is 18.2 Å². The molecule has 10 rings (SSSR count). The molecule has 378 valence electrons. The quantitative estimate of drug-likeness (QED) is 0.0685. The Morgan fingerprint density at radius 3 is 2.54 bits per heavy atom. The molecule has 7 aliphatic rings. The van der Waals surface area contributed by atoms with Gasteiger partial charge in [0.15, 0.2) is 23.2 Å². The summed E-state index contributed by atoms with van der Waals surface area (Å²) in [5.41, 5.74) is 16.1. The predicted molar refractivity (Wildman–Crippen MR) is 282 cm³/mol.